The molecule has 0 amide bonds. The first-order valence-electron chi connectivity index (χ1n) is 4.64. The first kappa shape index (κ1) is 10.9. The first-order chi connectivity index (χ1) is 6.49. The highest BCUT2D eigenvalue weighted by molar-refractivity contribution is 5.52. The lowest BCUT2D eigenvalue weighted by molar-refractivity contribution is 0.397. The quantitative estimate of drug-likeness (QED) is 0.561. The molecule has 0 saturated heterocycles. The van der Waals surface area contributed by atoms with Crippen LogP contribution in [0.4, 0.5) is 5.69 Å². The summed E-state index contributed by atoms with van der Waals surface area (Å²) in [6.45, 7) is 6.43. The molecule has 3 nitrogen and oxygen atoms in total. The molecule has 1 rings (SSSR count). The van der Waals surface area contributed by atoms with Crippen LogP contribution in [0.3, 0.4) is 0 Å². The van der Waals surface area contributed by atoms with Gasteiger partial charge in [0.1, 0.15) is 5.75 Å². The van der Waals surface area contributed by atoms with E-state index < -0.39 is 0 Å². The van der Waals surface area contributed by atoms with Crippen LogP contribution >= 0.6 is 0 Å². The highest BCUT2D eigenvalue weighted by Gasteiger charge is 2.18. The zero-order chi connectivity index (χ0) is 10.8. The smallest absolute Gasteiger partial charge is 0.122 e. The minimum Gasteiger partial charge on any atom is -0.496 e. The van der Waals surface area contributed by atoms with E-state index in [-0.39, 0.29) is 5.41 Å². The van der Waals surface area contributed by atoms with Crippen LogP contribution in [0.5, 0.6) is 5.75 Å². The number of ether oxygens (including phenoxy) is 1. The van der Waals surface area contributed by atoms with Crippen molar-refractivity contribution in [1.29, 1.82) is 0 Å². The number of benzene rings is 1. The third-order valence-corrected chi connectivity index (χ3v) is 2.17. The van der Waals surface area contributed by atoms with Crippen molar-refractivity contribution in [2.45, 2.75) is 26.2 Å². The summed E-state index contributed by atoms with van der Waals surface area (Å²) in [5, 5.41) is 0. The van der Waals surface area contributed by atoms with Crippen molar-refractivity contribution in [3.05, 3.63) is 23.8 Å². The summed E-state index contributed by atoms with van der Waals surface area (Å²) in [5.74, 6) is 6.26. The lowest BCUT2D eigenvalue weighted by Crippen LogP contribution is -2.14. The van der Waals surface area contributed by atoms with Gasteiger partial charge in [0.05, 0.1) is 7.11 Å². The van der Waals surface area contributed by atoms with Crippen molar-refractivity contribution >= 4 is 5.69 Å². The van der Waals surface area contributed by atoms with Crippen molar-refractivity contribution in [1.82, 2.24) is 0 Å². The summed E-state index contributed by atoms with van der Waals surface area (Å²) in [5.41, 5.74) is 4.74. The van der Waals surface area contributed by atoms with Crippen LogP contribution < -0.4 is 16.0 Å². The van der Waals surface area contributed by atoms with Crippen LogP contribution in [0, 0.1) is 0 Å². The number of nitrogens with two attached hydrogens (primary N) is 1. The van der Waals surface area contributed by atoms with E-state index in [9.17, 15) is 0 Å². The van der Waals surface area contributed by atoms with Gasteiger partial charge in [0.2, 0.25) is 0 Å². The number of nitrogens with one attached hydrogen (secondary N) is 1. The van der Waals surface area contributed by atoms with E-state index in [1.807, 2.05) is 18.2 Å². The Morgan fingerprint density at radius 2 is 1.93 bits per heavy atom. The minimum atomic E-state index is 0.0538. The van der Waals surface area contributed by atoms with E-state index in [1.54, 1.807) is 7.11 Å². The van der Waals surface area contributed by atoms with Crippen LogP contribution in [-0.2, 0) is 5.41 Å². The third kappa shape index (κ3) is 2.17. The van der Waals surface area contributed by atoms with E-state index >= 15 is 0 Å². The second-order valence-corrected chi connectivity index (χ2v) is 4.31. The van der Waals surface area contributed by atoms with E-state index in [0.717, 1.165) is 17.0 Å². The van der Waals surface area contributed by atoms with E-state index in [0.29, 0.717) is 0 Å². The van der Waals surface area contributed by atoms with Crippen LogP contribution in [-0.4, -0.2) is 7.11 Å². The van der Waals surface area contributed by atoms with Crippen molar-refractivity contribution in [2.24, 2.45) is 5.84 Å². The molecule has 0 aliphatic carbocycles. The maximum Gasteiger partial charge on any atom is 0.122 e. The molecule has 0 fully saturated rings. The Kier molecular flexibility index (Phi) is 3.01. The lowest BCUT2D eigenvalue weighted by Gasteiger charge is -2.22. The van der Waals surface area contributed by atoms with Crippen LogP contribution in [0.15, 0.2) is 18.2 Å². The monoisotopic (exact) mass is 194 g/mol. The molecule has 78 valence electrons. The second-order valence-electron chi connectivity index (χ2n) is 4.31. The topological polar surface area (TPSA) is 47.3 Å². The summed E-state index contributed by atoms with van der Waals surface area (Å²) in [7, 11) is 1.68. The first-order valence-corrected chi connectivity index (χ1v) is 4.64. The Morgan fingerprint density at radius 3 is 2.36 bits per heavy atom. The minimum absolute atomic E-state index is 0.0538. The molecule has 0 atom stereocenters. The molecule has 1 aromatic rings. The highest BCUT2D eigenvalue weighted by Crippen LogP contribution is 2.32. The lowest BCUT2D eigenvalue weighted by atomic mass is 9.86. The van der Waals surface area contributed by atoms with Gasteiger partial charge in [0.15, 0.2) is 0 Å². The molecule has 3 heteroatoms. The molecule has 0 aromatic heterocycles. The molecular weight excluding hydrogens is 176 g/mol. The Hall–Kier alpha value is -1.22. The zero-order valence-corrected chi connectivity index (χ0v) is 9.22. The molecule has 0 bridgehead atoms. The molecule has 0 spiro atoms. The second kappa shape index (κ2) is 3.88. The SMILES string of the molecule is COc1ccc(NN)cc1C(C)(C)C. The van der Waals surface area contributed by atoms with Gasteiger partial charge in [-0.05, 0) is 23.6 Å². The number of methoxy groups -OCH3 is 1. The Bertz CT molecular complexity index is 316. The molecule has 14 heavy (non-hydrogen) atoms. The number of anilines is 1. The van der Waals surface area contributed by atoms with Gasteiger partial charge in [0, 0.05) is 11.3 Å². The Morgan fingerprint density at radius 1 is 1.29 bits per heavy atom. The summed E-state index contributed by atoms with van der Waals surface area (Å²) in [6, 6.07) is 5.84. The fraction of sp³-hybridized carbons (Fsp3) is 0.455. The van der Waals surface area contributed by atoms with Gasteiger partial charge < -0.3 is 10.2 Å². The number of hydrogen-bond donors (Lipinski definition) is 2. The number of nitrogen functional groups attached to an aromatic ring is 1. The maximum absolute atomic E-state index is 5.36. The highest BCUT2D eigenvalue weighted by atomic mass is 16.5. The van der Waals surface area contributed by atoms with Crippen molar-refractivity contribution in [3.63, 3.8) is 0 Å². The summed E-state index contributed by atoms with van der Waals surface area (Å²) >= 11 is 0. The van der Waals surface area contributed by atoms with Gasteiger partial charge >= 0.3 is 0 Å². The average molecular weight is 194 g/mol. The molecule has 3 N–H and O–H groups in total. The Balaban J connectivity index is 3.22. The standard InChI is InChI=1S/C11H18N2O/c1-11(2,3)9-7-8(13-12)5-6-10(9)14-4/h5-7,13H,12H2,1-4H3. The number of hydrazine groups is 1. The van der Waals surface area contributed by atoms with Crippen molar-refractivity contribution < 1.29 is 4.74 Å². The Labute approximate surface area is 85.2 Å². The zero-order valence-electron chi connectivity index (χ0n) is 9.22. The van der Waals surface area contributed by atoms with Crippen molar-refractivity contribution in [2.75, 3.05) is 12.5 Å². The van der Waals surface area contributed by atoms with Crippen LogP contribution in [0.2, 0.25) is 0 Å². The predicted octanol–water partition coefficient (Wildman–Crippen LogP) is 2.28. The summed E-state index contributed by atoms with van der Waals surface area (Å²) in [4.78, 5) is 0. The van der Waals surface area contributed by atoms with Gasteiger partial charge in [-0.2, -0.15) is 0 Å². The molecule has 0 saturated carbocycles. The van der Waals surface area contributed by atoms with Crippen LogP contribution in [0.25, 0.3) is 0 Å². The fourth-order valence-electron chi connectivity index (χ4n) is 1.38. The molecule has 0 aliphatic rings. The number of rotatable bonds is 2. The maximum atomic E-state index is 5.36. The molecule has 0 unspecified atom stereocenters. The fourth-order valence-corrected chi connectivity index (χ4v) is 1.38. The third-order valence-electron chi connectivity index (χ3n) is 2.17. The van der Waals surface area contributed by atoms with E-state index in [1.165, 1.54) is 0 Å². The van der Waals surface area contributed by atoms with Gasteiger partial charge in [-0.3, -0.25) is 5.84 Å². The van der Waals surface area contributed by atoms with E-state index in [2.05, 4.69) is 26.2 Å². The summed E-state index contributed by atoms with van der Waals surface area (Å²) in [6.07, 6.45) is 0. The van der Waals surface area contributed by atoms with Crippen LogP contribution in [0.1, 0.15) is 26.3 Å². The summed E-state index contributed by atoms with van der Waals surface area (Å²) < 4.78 is 5.30. The molecular formula is C11H18N2O. The molecule has 0 radical (unpaired) electrons. The van der Waals surface area contributed by atoms with Crippen molar-refractivity contribution in [3.8, 4) is 5.75 Å². The normalized spacial score (nSPS) is 11.2. The molecule has 1 aromatic carbocycles. The molecule has 0 aliphatic heterocycles. The van der Waals surface area contributed by atoms with Gasteiger partial charge in [0.25, 0.3) is 0 Å². The van der Waals surface area contributed by atoms with Gasteiger partial charge in [-0.1, -0.05) is 20.8 Å². The van der Waals surface area contributed by atoms with E-state index in [4.69, 9.17) is 10.6 Å². The predicted molar refractivity (Wildman–Crippen MR) is 59.5 cm³/mol. The largest absolute Gasteiger partial charge is 0.496 e. The van der Waals surface area contributed by atoms with Gasteiger partial charge in [-0.25, -0.2) is 0 Å². The number of hydrogen-bond acceptors (Lipinski definition) is 3. The van der Waals surface area contributed by atoms with Gasteiger partial charge in [-0.15, -0.1) is 0 Å². The molecule has 0 heterocycles. The average Bonchev–Trinajstić information content (AvgIpc) is 2.15.